The van der Waals surface area contributed by atoms with E-state index in [1.165, 1.54) is 6.20 Å². The second-order valence-electron chi connectivity index (χ2n) is 4.45. The van der Waals surface area contributed by atoms with Crippen molar-refractivity contribution in [2.24, 2.45) is 12.8 Å². The third-order valence-corrected chi connectivity index (χ3v) is 3.20. The molecule has 0 bridgehead atoms. The predicted molar refractivity (Wildman–Crippen MR) is 80.2 cm³/mol. The van der Waals surface area contributed by atoms with E-state index < -0.39 is 0 Å². The molecule has 2 rings (SSSR count). The smallest absolute Gasteiger partial charge is 0.136 e. The van der Waals surface area contributed by atoms with Crippen LogP contribution < -0.4 is 10.5 Å². The van der Waals surface area contributed by atoms with Crippen molar-refractivity contribution in [3.63, 3.8) is 0 Å². The number of nitrogens with zero attached hydrogens (tertiary/aromatic N) is 2. The first-order valence-electron chi connectivity index (χ1n) is 6.25. The third-order valence-electron chi connectivity index (χ3n) is 3.20. The number of ether oxygens (including phenoxy) is 2. The standard InChI is InChI=1S/C15H19N3O2/c1-10(7-12(9-16)20-4)15-17-13-6-5-11(19-3)8-14(13)18(15)2/h5-9H,16H2,1-4H3/b10-7+,12-9+. The molecule has 0 aliphatic rings. The summed E-state index contributed by atoms with van der Waals surface area (Å²) in [7, 11) is 5.21. The first-order valence-corrected chi connectivity index (χ1v) is 6.25. The molecule has 0 aliphatic heterocycles. The van der Waals surface area contributed by atoms with E-state index in [-0.39, 0.29) is 0 Å². The molecule has 106 valence electrons. The summed E-state index contributed by atoms with van der Waals surface area (Å²) in [6.07, 6.45) is 3.29. The lowest BCUT2D eigenvalue weighted by Crippen LogP contribution is -1.97. The molecule has 1 heterocycles. The van der Waals surface area contributed by atoms with Crippen molar-refractivity contribution < 1.29 is 9.47 Å². The number of rotatable bonds is 4. The summed E-state index contributed by atoms with van der Waals surface area (Å²) in [6, 6.07) is 5.81. The fraction of sp³-hybridized carbons (Fsp3) is 0.267. The Labute approximate surface area is 118 Å². The Kier molecular flexibility index (Phi) is 3.98. The predicted octanol–water partition coefficient (Wildman–Crippen LogP) is 2.43. The van der Waals surface area contributed by atoms with Gasteiger partial charge in [-0.2, -0.15) is 0 Å². The molecule has 20 heavy (non-hydrogen) atoms. The Morgan fingerprint density at radius 1 is 1.35 bits per heavy atom. The highest BCUT2D eigenvalue weighted by molar-refractivity contribution is 5.81. The molecule has 1 aromatic carbocycles. The number of hydrogen-bond acceptors (Lipinski definition) is 4. The summed E-state index contributed by atoms with van der Waals surface area (Å²) in [5.74, 6) is 2.28. The molecule has 5 heteroatoms. The highest BCUT2D eigenvalue weighted by Crippen LogP contribution is 2.24. The van der Waals surface area contributed by atoms with Crippen molar-refractivity contribution >= 4 is 16.6 Å². The Bertz CT molecular complexity index is 684. The summed E-state index contributed by atoms with van der Waals surface area (Å²) in [5.41, 5.74) is 8.40. The summed E-state index contributed by atoms with van der Waals surface area (Å²) in [4.78, 5) is 4.62. The molecule has 2 aromatic rings. The van der Waals surface area contributed by atoms with E-state index >= 15 is 0 Å². The van der Waals surface area contributed by atoms with Crippen molar-refractivity contribution in [1.82, 2.24) is 9.55 Å². The number of benzene rings is 1. The van der Waals surface area contributed by atoms with Gasteiger partial charge in [-0.3, -0.25) is 0 Å². The second-order valence-corrected chi connectivity index (χ2v) is 4.45. The summed E-state index contributed by atoms with van der Waals surface area (Å²) in [6.45, 7) is 1.97. The Balaban J connectivity index is 2.53. The summed E-state index contributed by atoms with van der Waals surface area (Å²) in [5, 5.41) is 0. The van der Waals surface area contributed by atoms with Crippen LogP contribution in [0.2, 0.25) is 0 Å². The number of hydrogen-bond donors (Lipinski definition) is 1. The molecule has 0 saturated carbocycles. The van der Waals surface area contributed by atoms with Crippen molar-refractivity contribution in [3.8, 4) is 5.75 Å². The summed E-state index contributed by atoms with van der Waals surface area (Å²) >= 11 is 0. The quantitative estimate of drug-likeness (QED) is 0.686. The first-order chi connectivity index (χ1) is 9.60. The highest BCUT2D eigenvalue weighted by Gasteiger charge is 2.10. The normalized spacial score (nSPS) is 12.8. The second kappa shape index (κ2) is 5.69. The Hall–Kier alpha value is -2.43. The van der Waals surface area contributed by atoms with E-state index in [1.54, 1.807) is 14.2 Å². The number of nitrogens with two attached hydrogens (primary N) is 1. The molecule has 5 nitrogen and oxygen atoms in total. The maximum atomic E-state index is 5.49. The van der Waals surface area contributed by atoms with Crippen LogP contribution >= 0.6 is 0 Å². The number of imidazole rings is 1. The molecular weight excluding hydrogens is 254 g/mol. The zero-order chi connectivity index (χ0) is 14.7. The molecule has 0 fully saturated rings. The van der Waals surface area contributed by atoms with E-state index in [9.17, 15) is 0 Å². The molecule has 2 N–H and O–H groups in total. The summed E-state index contributed by atoms with van der Waals surface area (Å²) < 4.78 is 12.4. The molecule has 0 spiro atoms. The van der Waals surface area contributed by atoms with Gasteiger partial charge in [-0.25, -0.2) is 4.98 Å². The molecule has 0 saturated heterocycles. The van der Waals surface area contributed by atoms with Crippen LogP contribution in [0.3, 0.4) is 0 Å². The monoisotopic (exact) mass is 273 g/mol. The molecular formula is C15H19N3O2. The lowest BCUT2D eigenvalue weighted by molar-refractivity contribution is 0.306. The van der Waals surface area contributed by atoms with Crippen LogP contribution in [0.5, 0.6) is 5.75 Å². The minimum atomic E-state index is 0.604. The number of fused-ring (bicyclic) bond motifs is 1. The zero-order valence-electron chi connectivity index (χ0n) is 12.2. The van der Waals surface area contributed by atoms with Gasteiger partial charge >= 0.3 is 0 Å². The van der Waals surface area contributed by atoms with Crippen molar-refractivity contribution in [2.75, 3.05) is 14.2 Å². The van der Waals surface area contributed by atoms with E-state index in [1.807, 2.05) is 42.8 Å². The van der Waals surface area contributed by atoms with Crippen LogP contribution in [0.1, 0.15) is 12.7 Å². The van der Waals surface area contributed by atoms with E-state index in [2.05, 4.69) is 4.98 Å². The largest absolute Gasteiger partial charge is 0.497 e. The molecule has 1 aromatic heterocycles. The van der Waals surface area contributed by atoms with Gasteiger partial charge in [0.1, 0.15) is 17.3 Å². The lowest BCUT2D eigenvalue weighted by atomic mass is 10.2. The van der Waals surface area contributed by atoms with Crippen LogP contribution in [0, 0.1) is 0 Å². The van der Waals surface area contributed by atoms with Crippen LogP contribution in [-0.4, -0.2) is 23.8 Å². The van der Waals surface area contributed by atoms with Gasteiger partial charge in [-0.1, -0.05) is 0 Å². The highest BCUT2D eigenvalue weighted by atomic mass is 16.5. The average molecular weight is 273 g/mol. The molecule has 0 unspecified atom stereocenters. The molecule has 0 amide bonds. The zero-order valence-corrected chi connectivity index (χ0v) is 12.2. The minimum absolute atomic E-state index is 0.604. The van der Waals surface area contributed by atoms with Gasteiger partial charge in [0.25, 0.3) is 0 Å². The number of aromatic nitrogens is 2. The number of aryl methyl sites for hydroxylation is 1. The molecule has 0 atom stereocenters. The van der Waals surface area contributed by atoms with Crippen LogP contribution in [-0.2, 0) is 11.8 Å². The maximum Gasteiger partial charge on any atom is 0.136 e. The number of allylic oxidation sites excluding steroid dienone is 2. The Morgan fingerprint density at radius 3 is 2.70 bits per heavy atom. The molecule has 0 aliphatic carbocycles. The third kappa shape index (κ3) is 2.47. The van der Waals surface area contributed by atoms with E-state index in [0.29, 0.717) is 5.76 Å². The van der Waals surface area contributed by atoms with Gasteiger partial charge in [0.2, 0.25) is 0 Å². The van der Waals surface area contributed by atoms with Gasteiger partial charge in [-0.15, -0.1) is 0 Å². The number of methoxy groups -OCH3 is 2. The fourth-order valence-corrected chi connectivity index (χ4v) is 2.10. The SMILES string of the molecule is COC(=C/N)/C=C(\C)c1nc2ccc(OC)cc2n1C. The lowest BCUT2D eigenvalue weighted by Gasteiger charge is -2.05. The maximum absolute atomic E-state index is 5.49. The first kappa shape index (κ1) is 14.0. The van der Waals surface area contributed by atoms with Gasteiger partial charge < -0.3 is 19.8 Å². The van der Waals surface area contributed by atoms with Gasteiger partial charge in [0.05, 0.1) is 25.3 Å². The van der Waals surface area contributed by atoms with Gasteiger partial charge in [-0.05, 0) is 30.7 Å². The van der Waals surface area contributed by atoms with Crippen LogP contribution in [0.4, 0.5) is 0 Å². The van der Waals surface area contributed by atoms with Crippen LogP contribution in [0.15, 0.2) is 36.2 Å². The van der Waals surface area contributed by atoms with Crippen molar-refractivity contribution in [2.45, 2.75) is 6.92 Å². The topological polar surface area (TPSA) is 62.3 Å². The van der Waals surface area contributed by atoms with Gasteiger partial charge in [0, 0.05) is 19.3 Å². The van der Waals surface area contributed by atoms with Gasteiger partial charge in [0.15, 0.2) is 0 Å². The van der Waals surface area contributed by atoms with E-state index in [4.69, 9.17) is 15.2 Å². The van der Waals surface area contributed by atoms with Crippen molar-refractivity contribution in [1.29, 1.82) is 0 Å². The van der Waals surface area contributed by atoms with E-state index in [0.717, 1.165) is 28.2 Å². The van der Waals surface area contributed by atoms with Crippen LogP contribution in [0.25, 0.3) is 16.6 Å². The van der Waals surface area contributed by atoms with Crippen molar-refractivity contribution in [3.05, 3.63) is 42.1 Å². The average Bonchev–Trinajstić information content (AvgIpc) is 2.81. The molecule has 0 radical (unpaired) electrons. The Morgan fingerprint density at radius 2 is 2.10 bits per heavy atom. The minimum Gasteiger partial charge on any atom is -0.497 e. The fourth-order valence-electron chi connectivity index (χ4n) is 2.10.